The van der Waals surface area contributed by atoms with Crippen molar-refractivity contribution in [3.8, 4) is 17.4 Å². The predicted molar refractivity (Wildman–Crippen MR) is 319 cm³/mol. The Labute approximate surface area is 475 Å². The summed E-state index contributed by atoms with van der Waals surface area (Å²) in [6.45, 7) is 17.0. The van der Waals surface area contributed by atoms with Crippen molar-refractivity contribution in [2.45, 2.75) is 89.5 Å². The molecule has 2 aliphatic carbocycles. The molecule has 3 N–H and O–H groups in total. The van der Waals surface area contributed by atoms with Crippen molar-refractivity contribution in [2.75, 3.05) is 86.9 Å². The number of ether oxygens (including phenoxy) is 1. The number of aromatic nitrogens is 10. The first kappa shape index (κ1) is 51.9. The van der Waals surface area contributed by atoms with Gasteiger partial charge >= 0.3 is 0 Å². The molecule has 4 aliphatic heterocycles. The maximum Gasteiger partial charge on any atom is 0.278 e. The van der Waals surface area contributed by atoms with Gasteiger partial charge in [-0.1, -0.05) is 24.3 Å². The Kier molecular flexibility index (Phi) is 13.1. The fourth-order valence-corrected chi connectivity index (χ4v) is 13.7. The van der Waals surface area contributed by atoms with Gasteiger partial charge in [0.05, 0.1) is 36.3 Å². The Balaban J connectivity index is 0.767. The van der Waals surface area contributed by atoms with E-state index in [1.54, 1.807) is 32.4 Å². The van der Waals surface area contributed by atoms with Gasteiger partial charge in [-0.25, -0.2) is 38.7 Å². The second kappa shape index (κ2) is 20.7. The molecule has 422 valence electrons. The molecule has 8 aromatic rings. The summed E-state index contributed by atoms with van der Waals surface area (Å²) in [7, 11) is 4.43. The van der Waals surface area contributed by atoms with Crippen molar-refractivity contribution in [2.24, 2.45) is 10.8 Å². The van der Waals surface area contributed by atoms with Gasteiger partial charge in [0.1, 0.15) is 22.6 Å². The molecule has 14 rings (SSSR count). The van der Waals surface area contributed by atoms with Crippen molar-refractivity contribution in [1.82, 2.24) is 58.4 Å². The Morgan fingerprint density at radius 3 is 1.77 bits per heavy atom. The number of likely N-dealkylation sites (tertiary alicyclic amines) is 2. The molecule has 6 aromatic heterocycles. The SMILES string of the molecule is C=CCn1c(=O)c2cnc(Nc3ccc(N4CCC5(CCN(C)CC5)CC4)cc3)nc2n1-c1ccc2c(n1)C(Oc1cc(N3CC4(CCN(C)CC4)C3)ccc1Nc1ncc3c(=O)n(CC=C)n(-c4ccc5c(n4)C(O)CC5)c3n1)CC2. The van der Waals surface area contributed by atoms with Gasteiger partial charge in [-0.2, -0.15) is 9.97 Å². The van der Waals surface area contributed by atoms with Gasteiger partial charge in [-0.15, -0.1) is 13.2 Å². The van der Waals surface area contributed by atoms with Crippen LogP contribution in [0.4, 0.5) is 34.6 Å². The highest BCUT2D eigenvalue weighted by molar-refractivity contribution is 5.79. The van der Waals surface area contributed by atoms with Crippen LogP contribution in [-0.2, 0) is 25.9 Å². The molecule has 0 amide bonds. The summed E-state index contributed by atoms with van der Waals surface area (Å²) in [5.74, 6) is 2.18. The molecule has 20 heteroatoms. The van der Waals surface area contributed by atoms with Crippen molar-refractivity contribution >= 4 is 56.7 Å². The summed E-state index contributed by atoms with van der Waals surface area (Å²) in [6, 6.07) is 22.5. The van der Waals surface area contributed by atoms with Crippen LogP contribution in [0.15, 0.2) is 114 Å². The molecule has 82 heavy (non-hydrogen) atoms. The summed E-state index contributed by atoms with van der Waals surface area (Å²) in [4.78, 5) is 67.4. The number of aryl methyl sites for hydroxylation is 2. The zero-order chi connectivity index (χ0) is 55.9. The lowest BCUT2D eigenvalue weighted by molar-refractivity contribution is 0.0905. The highest BCUT2D eigenvalue weighted by Crippen LogP contribution is 2.46. The van der Waals surface area contributed by atoms with E-state index in [1.807, 2.05) is 24.3 Å². The van der Waals surface area contributed by atoms with Crippen LogP contribution in [0.2, 0.25) is 0 Å². The molecule has 0 radical (unpaired) electrons. The normalized spacial score (nSPS) is 20.3. The van der Waals surface area contributed by atoms with Gasteiger partial charge in [0.2, 0.25) is 11.9 Å². The molecule has 2 aromatic carbocycles. The number of benzene rings is 2. The summed E-state index contributed by atoms with van der Waals surface area (Å²) in [5, 5.41) is 18.4. The topological polar surface area (TPSA) is 198 Å². The number of hydrogen-bond donors (Lipinski definition) is 3. The van der Waals surface area contributed by atoms with Crippen LogP contribution in [0.1, 0.15) is 86.1 Å². The smallest absolute Gasteiger partial charge is 0.278 e. The molecular formula is C62H70N16O4. The lowest BCUT2D eigenvalue weighted by atomic mass is 9.71. The van der Waals surface area contributed by atoms with Crippen LogP contribution in [0.5, 0.6) is 5.75 Å². The lowest BCUT2D eigenvalue weighted by Gasteiger charge is -2.54. The molecule has 20 nitrogen and oxygen atoms in total. The number of fused-ring (bicyclic) bond motifs is 4. The predicted octanol–water partition coefficient (Wildman–Crippen LogP) is 8.02. The van der Waals surface area contributed by atoms with E-state index in [4.69, 9.17) is 24.7 Å². The maximum atomic E-state index is 14.2. The van der Waals surface area contributed by atoms with E-state index in [2.05, 4.69) is 110 Å². The maximum absolute atomic E-state index is 14.2. The first-order chi connectivity index (χ1) is 39.9. The first-order valence-corrected chi connectivity index (χ1v) is 29.1. The second-order valence-electron chi connectivity index (χ2n) is 23.9. The molecule has 0 saturated carbocycles. The van der Waals surface area contributed by atoms with Crippen LogP contribution < -0.4 is 36.3 Å². The van der Waals surface area contributed by atoms with E-state index in [9.17, 15) is 14.7 Å². The number of allylic oxidation sites excluding steroid dienone is 2. The van der Waals surface area contributed by atoms with Crippen molar-refractivity contribution in [3.05, 3.63) is 148 Å². The fraction of sp³-hybridized carbons (Fsp3) is 0.419. The molecule has 0 bridgehead atoms. The third-order valence-electron chi connectivity index (χ3n) is 18.7. The fourth-order valence-electron chi connectivity index (χ4n) is 13.7. The van der Waals surface area contributed by atoms with E-state index in [1.165, 1.54) is 68.2 Å². The molecule has 6 aliphatic rings. The number of hydrogen-bond acceptors (Lipinski definition) is 16. The summed E-state index contributed by atoms with van der Waals surface area (Å²) >= 11 is 0. The average Bonchev–Trinajstić information content (AvgIpc) is 2.85. The summed E-state index contributed by atoms with van der Waals surface area (Å²) in [5.41, 5.74) is 8.19. The van der Waals surface area contributed by atoms with E-state index in [0.717, 1.165) is 80.3 Å². The highest BCUT2D eigenvalue weighted by Gasteiger charge is 2.45. The molecule has 2 atom stereocenters. The number of anilines is 6. The van der Waals surface area contributed by atoms with Crippen molar-refractivity contribution < 1.29 is 9.84 Å². The van der Waals surface area contributed by atoms with Gasteiger partial charge in [0.15, 0.2) is 22.9 Å². The van der Waals surface area contributed by atoms with E-state index in [0.29, 0.717) is 80.5 Å². The first-order valence-electron chi connectivity index (χ1n) is 29.1. The second-order valence-corrected chi connectivity index (χ2v) is 23.9. The monoisotopic (exact) mass is 1100 g/mol. The van der Waals surface area contributed by atoms with Gasteiger partial charge in [-0.05, 0) is 170 Å². The van der Waals surface area contributed by atoms with Gasteiger partial charge < -0.3 is 40.1 Å². The van der Waals surface area contributed by atoms with E-state index >= 15 is 0 Å². The Hall–Kier alpha value is -8.20. The van der Waals surface area contributed by atoms with Gasteiger partial charge in [0, 0.05) is 67.1 Å². The molecule has 10 heterocycles. The molecule has 2 unspecified atom stereocenters. The number of aliphatic hydroxyl groups excluding tert-OH is 1. The van der Waals surface area contributed by atoms with Gasteiger partial charge in [0.25, 0.3) is 11.1 Å². The van der Waals surface area contributed by atoms with Gasteiger partial charge in [-0.3, -0.25) is 9.59 Å². The quantitative estimate of drug-likeness (QED) is 0.0885. The zero-order valence-electron chi connectivity index (χ0n) is 46.8. The van der Waals surface area contributed by atoms with E-state index in [-0.39, 0.29) is 30.2 Å². The van der Waals surface area contributed by atoms with Crippen molar-refractivity contribution in [3.63, 3.8) is 0 Å². The molecular weight excluding hydrogens is 1030 g/mol. The minimum Gasteiger partial charge on any atom is -0.482 e. The largest absolute Gasteiger partial charge is 0.482 e. The van der Waals surface area contributed by atoms with Crippen LogP contribution in [-0.4, -0.2) is 130 Å². The van der Waals surface area contributed by atoms with Crippen LogP contribution in [0, 0.1) is 10.8 Å². The third-order valence-corrected chi connectivity index (χ3v) is 18.7. The standard InChI is InChI=1S/C62H70N16O4/c1-5-27-75-58(81)46-37-64-60(70-56(46)77(75)51-19-9-40-7-17-48(79)53(40)67-51)66-47-16-15-44(74-38-62(39-74)23-31-72(4)32-24-62)35-50(47)82-49-18-8-41-10-20-52(68-54(41)49)78-55-45(57(80)76(78)28-6-2)36-63-59(69-55)65-42-11-13-43(14-12-42)73-33-25-61(26-34-73)21-29-71(3)30-22-61/h5-6,9-16,19-20,35-37,48-49,79H,1-2,7-8,17-18,21-34,38-39H2,3-4H3,(H,63,65,69)(H,64,66,70). The Bertz CT molecular complexity index is 3900. The highest BCUT2D eigenvalue weighted by atomic mass is 16.5. The van der Waals surface area contributed by atoms with Crippen LogP contribution in [0.3, 0.4) is 0 Å². The minimum absolute atomic E-state index is 0.206. The average molecular weight is 1100 g/mol. The summed E-state index contributed by atoms with van der Waals surface area (Å²) < 4.78 is 13.8. The number of nitrogens with zero attached hydrogens (tertiary/aromatic N) is 14. The number of aliphatic hydroxyl groups is 1. The number of rotatable bonds is 14. The Morgan fingerprint density at radius 2 is 1.16 bits per heavy atom. The molecule has 2 spiro atoms. The number of piperidine rings is 3. The van der Waals surface area contributed by atoms with Crippen LogP contribution >= 0.6 is 0 Å². The number of pyridine rings is 2. The lowest BCUT2D eigenvalue weighted by Crippen LogP contribution is -2.60. The summed E-state index contributed by atoms with van der Waals surface area (Å²) in [6.07, 6.45) is 15.5. The zero-order valence-corrected chi connectivity index (χ0v) is 46.8. The van der Waals surface area contributed by atoms with Crippen molar-refractivity contribution in [1.29, 1.82) is 0 Å². The number of nitrogens with one attached hydrogen (secondary N) is 2. The van der Waals surface area contributed by atoms with E-state index < -0.39 is 12.2 Å². The minimum atomic E-state index is -0.681. The molecule has 4 fully saturated rings. The molecule has 4 saturated heterocycles. The third kappa shape index (κ3) is 9.29. The Morgan fingerprint density at radius 1 is 0.622 bits per heavy atom. The van der Waals surface area contributed by atoms with Crippen LogP contribution in [0.25, 0.3) is 33.7 Å².